The molecule has 5 rings (SSSR count). The average molecular weight is 538 g/mol. The van der Waals surface area contributed by atoms with Crippen molar-refractivity contribution in [1.29, 1.82) is 0 Å². The summed E-state index contributed by atoms with van der Waals surface area (Å²) < 4.78 is 37.5. The first kappa shape index (κ1) is 26.3. The molecule has 1 atom stereocenters. The zero-order chi connectivity index (χ0) is 27.0. The van der Waals surface area contributed by atoms with Crippen molar-refractivity contribution in [3.05, 3.63) is 98.8 Å². The molecule has 1 saturated heterocycles. The van der Waals surface area contributed by atoms with Crippen LogP contribution in [0.4, 0.5) is 10.1 Å². The standard InChI is InChI=1S/C27H28FN5O6/c28-20-7-5-19(6-8-20)18-33-25(29-21-9-11-22(12-10-21)39-23-13-17-38-31-23)30-26(34)32(27(33)35)14-3-16-37-24-4-1-2-15-36-24/h5-13,17,24H,1-4,14-16,18H2,(H,29,30,34). The number of nitrogens with zero attached hydrogens (tertiary/aromatic N) is 4. The zero-order valence-corrected chi connectivity index (χ0v) is 21.1. The van der Waals surface area contributed by atoms with E-state index < -0.39 is 11.4 Å². The molecule has 1 aliphatic heterocycles. The Bertz CT molecular complexity index is 1540. The third-order valence-electron chi connectivity index (χ3n) is 6.11. The van der Waals surface area contributed by atoms with Crippen LogP contribution in [0.1, 0.15) is 31.2 Å². The van der Waals surface area contributed by atoms with E-state index in [1.807, 2.05) is 0 Å². The van der Waals surface area contributed by atoms with Gasteiger partial charge in [-0.25, -0.2) is 23.5 Å². The molecule has 0 bridgehead atoms. The summed E-state index contributed by atoms with van der Waals surface area (Å²) in [4.78, 5) is 33.6. The summed E-state index contributed by atoms with van der Waals surface area (Å²) in [5.41, 5.74) is 0.0741. The van der Waals surface area contributed by atoms with Gasteiger partial charge >= 0.3 is 11.4 Å². The zero-order valence-electron chi connectivity index (χ0n) is 21.1. The van der Waals surface area contributed by atoms with Crippen LogP contribution < -0.4 is 21.7 Å². The van der Waals surface area contributed by atoms with Crippen LogP contribution in [0.2, 0.25) is 0 Å². The van der Waals surface area contributed by atoms with Crippen LogP contribution >= 0.6 is 0 Å². The summed E-state index contributed by atoms with van der Waals surface area (Å²) >= 11 is 0. The molecule has 0 aliphatic carbocycles. The van der Waals surface area contributed by atoms with E-state index in [0.29, 0.717) is 42.5 Å². The van der Waals surface area contributed by atoms with Gasteiger partial charge in [0, 0.05) is 19.2 Å². The second-order valence-electron chi connectivity index (χ2n) is 8.97. The van der Waals surface area contributed by atoms with E-state index in [1.54, 1.807) is 42.5 Å². The van der Waals surface area contributed by atoms with E-state index in [9.17, 15) is 14.0 Å². The Morgan fingerprint density at radius 2 is 1.87 bits per heavy atom. The molecule has 11 nitrogen and oxygen atoms in total. The van der Waals surface area contributed by atoms with E-state index in [4.69, 9.17) is 18.7 Å². The number of ether oxygens (including phenoxy) is 3. The molecule has 204 valence electrons. The molecule has 2 aromatic carbocycles. The minimum atomic E-state index is -0.589. The molecular formula is C27H28FN5O6. The quantitative estimate of drug-likeness (QED) is 0.307. The second kappa shape index (κ2) is 12.5. The van der Waals surface area contributed by atoms with Gasteiger partial charge in [0.2, 0.25) is 5.62 Å². The summed E-state index contributed by atoms with van der Waals surface area (Å²) in [5.74, 6) is 0.427. The van der Waals surface area contributed by atoms with Gasteiger partial charge in [0.25, 0.3) is 5.88 Å². The maximum atomic E-state index is 13.5. The lowest BCUT2D eigenvalue weighted by atomic mass is 10.2. The fourth-order valence-corrected chi connectivity index (χ4v) is 4.12. The van der Waals surface area contributed by atoms with Crippen LogP contribution in [0, 0.1) is 5.82 Å². The van der Waals surface area contributed by atoms with Gasteiger partial charge in [-0.05, 0) is 72.8 Å². The molecule has 12 heteroatoms. The highest BCUT2D eigenvalue weighted by atomic mass is 19.1. The van der Waals surface area contributed by atoms with Crippen LogP contribution in [-0.2, 0) is 22.6 Å². The summed E-state index contributed by atoms with van der Waals surface area (Å²) in [5, 5.41) is 3.70. The van der Waals surface area contributed by atoms with Gasteiger partial charge in [-0.15, -0.1) is 0 Å². The molecule has 0 spiro atoms. The van der Waals surface area contributed by atoms with Crippen LogP contribution in [0.15, 0.2) is 80.0 Å². The first-order chi connectivity index (χ1) is 19.0. The Morgan fingerprint density at radius 3 is 2.59 bits per heavy atom. The number of H-pyrrole nitrogens is 1. The molecule has 0 amide bonds. The fourth-order valence-electron chi connectivity index (χ4n) is 4.12. The normalized spacial score (nSPS) is 15.9. The molecule has 39 heavy (non-hydrogen) atoms. The van der Waals surface area contributed by atoms with Crippen LogP contribution in [0.5, 0.6) is 11.6 Å². The topological polar surface area (TPSA) is 126 Å². The Morgan fingerprint density at radius 1 is 1.05 bits per heavy atom. The lowest BCUT2D eigenvalue weighted by Gasteiger charge is -2.22. The summed E-state index contributed by atoms with van der Waals surface area (Å²) in [6.07, 6.45) is 4.51. The lowest BCUT2D eigenvalue weighted by molar-refractivity contribution is -0.163. The van der Waals surface area contributed by atoms with E-state index in [1.165, 1.54) is 23.0 Å². The maximum absolute atomic E-state index is 13.5. The van der Waals surface area contributed by atoms with Crippen LogP contribution in [-0.4, -0.2) is 38.8 Å². The van der Waals surface area contributed by atoms with Gasteiger partial charge < -0.3 is 18.7 Å². The molecule has 3 heterocycles. The number of benzene rings is 2. The van der Waals surface area contributed by atoms with Crippen molar-refractivity contribution >= 4 is 5.69 Å². The molecule has 0 saturated carbocycles. The molecule has 2 aromatic heterocycles. The Labute approximate surface area is 222 Å². The number of aromatic nitrogens is 4. The summed E-state index contributed by atoms with van der Waals surface area (Å²) in [6.45, 7) is 1.26. The van der Waals surface area contributed by atoms with Crippen molar-refractivity contribution in [2.45, 2.75) is 45.1 Å². The molecular weight excluding hydrogens is 509 g/mol. The first-order valence-corrected chi connectivity index (χ1v) is 12.7. The largest absolute Gasteiger partial charge is 0.436 e. The highest BCUT2D eigenvalue weighted by molar-refractivity contribution is 5.41. The van der Waals surface area contributed by atoms with Crippen molar-refractivity contribution in [2.24, 2.45) is 4.99 Å². The predicted octanol–water partition coefficient (Wildman–Crippen LogP) is 3.47. The van der Waals surface area contributed by atoms with E-state index in [-0.39, 0.29) is 30.8 Å². The average Bonchev–Trinajstić information content (AvgIpc) is 3.46. The highest BCUT2D eigenvalue weighted by Crippen LogP contribution is 2.22. The van der Waals surface area contributed by atoms with Gasteiger partial charge in [-0.3, -0.25) is 9.55 Å². The minimum Gasteiger partial charge on any atom is -0.436 e. The number of rotatable bonds is 10. The van der Waals surface area contributed by atoms with Gasteiger partial charge in [0.15, 0.2) is 6.29 Å². The van der Waals surface area contributed by atoms with E-state index >= 15 is 0 Å². The smallest absolute Gasteiger partial charge is 0.335 e. The number of hydrogen-bond donors (Lipinski definition) is 1. The van der Waals surface area contributed by atoms with Crippen molar-refractivity contribution in [1.82, 2.24) is 19.3 Å². The second-order valence-corrected chi connectivity index (χ2v) is 8.97. The van der Waals surface area contributed by atoms with Gasteiger partial charge in [-0.2, -0.15) is 0 Å². The Balaban J connectivity index is 1.40. The van der Waals surface area contributed by atoms with E-state index in [2.05, 4.69) is 15.1 Å². The summed E-state index contributed by atoms with van der Waals surface area (Å²) in [7, 11) is 0. The molecule has 1 unspecified atom stereocenters. The maximum Gasteiger partial charge on any atom is 0.335 e. The monoisotopic (exact) mass is 537 g/mol. The Kier molecular flexibility index (Phi) is 8.44. The number of aromatic amines is 1. The SMILES string of the molecule is O=c1[nH]/c(=N\c2ccc(Oc3ccon3)cc2)n(Cc2ccc(F)cc2)c(=O)n1CCCOC1CCCCO1. The number of nitrogens with one attached hydrogen (secondary N) is 1. The van der Waals surface area contributed by atoms with E-state index in [0.717, 1.165) is 23.8 Å². The number of hydrogen-bond acceptors (Lipinski definition) is 8. The molecule has 4 aromatic rings. The highest BCUT2D eigenvalue weighted by Gasteiger charge is 2.14. The predicted molar refractivity (Wildman–Crippen MR) is 137 cm³/mol. The van der Waals surface area contributed by atoms with Crippen LogP contribution in [0.3, 0.4) is 0 Å². The van der Waals surface area contributed by atoms with Crippen molar-refractivity contribution in [3.8, 4) is 11.6 Å². The summed E-state index contributed by atoms with van der Waals surface area (Å²) in [6, 6.07) is 14.1. The third-order valence-corrected chi connectivity index (χ3v) is 6.11. The first-order valence-electron chi connectivity index (χ1n) is 12.7. The van der Waals surface area contributed by atoms with Crippen molar-refractivity contribution in [3.63, 3.8) is 0 Å². The van der Waals surface area contributed by atoms with Gasteiger partial charge in [0.05, 0.1) is 18.8 Å². The molecule has 1 N–H and O–H groups in total. The molecule has 1 fully saturated rings. The van der Waals surface area contributed by atoms with Gasteiger partial charge in [0.1, 0.15) is 17.8 Å². The van der Waals surface area contributed by atoms with Crippen molar-refractivity contribution < 1.29 is 23.1 Å². The van der Waals surface area contributed by atoms with Crippen LogP contribution in [0.25, 0.3) is 0 Å². The fraction of sp³-hybridized carbons (Fsp3) is 0.333. The third kappa shape index (κ3) is 6.98. The lowest BCUT2D eigenvalue weighted by Crippen LogP contribution is -2.50. The van der Waals surface area contributed by atoms with Crippen molar-refractivity contribution in [2.75, 3.05) is 13.2 Å². The molecule has 0 radical (unpaired) electrons. The minimum absolute atomic E-state index is 0.0580. The number of halogens is 1. The molecule has 1 aliphatic rings. The van der Waals surface area contributed by atoms with Gasteiger partial charge in [-0.1, -0.05) is 12.1 Å². The Hall–Kier alpha value is -4.29.